The Balaban J connectivity index is 1.78. The Hall–Kier alpha value is -4.00. The highest BCUT2D eigenvalue weighted by atomic mass is 19.1. The summed E-state index contributed by atoms with van der Waals surface area (Å²) < 4.78 is 40.5. The Kier molecular flexibility index (Phi) is 6.43. The Morgan fingerprint density at radius 1 is 1.29 bits per heavy atom. The standard InChI is InChI=1S/C25H25F2N5O3/c1-14(29)16(12-30-8-4-7-28)18-9-17-15(11-31-18)13-32(24(33)25(17)5-6-25)23-21(26)19(34-2)10-20(35-3)22(23)27/h9-12H,4-6,8,13,29H2,1-3H3. The van der Waals surface area contributed by atoms with Gasteiger partial charge in [-0.05, 0) is 37.0 Å². The van der Waals surface area contributed by atoms with Crippen LogP contribution < -0.4 is 20.1 Å². The molecule has 1 amide bonds. The molecule has 10 heteroatoms. The maximum absolute atomic E-state index is 15.2. The lowest BCUT2D eigenvalue weighted by atomic mass is 9.85. The number of methoxy groups -OCH3 is 2. The number of halogens is 2. The lowest BCUT2D eigenvalue weighted by Gasteiger charge is -2.35. The molecule has 0 radical (unpaired) electrons. The molecule has 0 saturated heterocycles. The van der Waals surface area contributed by atoms with Crippen molar-refractivity contribution < 1.29 is 23.0 Å². The first-order chi connectivity index (χ1) is 16.8. The number of nitrogens with zero attached hydrogens (tertiary/aromatic N) is 4. The summed E-state index contributed by atoms with van der Waals surface area (Å²) in [5.74, 6) is -2.79. The van der Waals surface area contributed by atoms with Crippen LogP contribution in [0.3, 0.4) is 0 Å². The van der Waals surface area contributed by atoms with Crippen molar-refractivity contribution in [2.75, 3.05) is 25.7 Å². The number of anilines is 1. The van der Waals surface area contributed by atoms with E-state index >= 15 is 8.78 Å². The lowest BCUT2D eigenvalue weighted by molar-refractivity contribution is -0.121. The van der Waals surface area contributed by atoms with Crippen LogP contribution in [0.2, 0.25) is 0 Å². The summed E-state index contributed by atoms with van der Waals surface area (Å²) in [6, 6.07) is 4.94. The van der Waals surface area contributed by atoms with Crippen LogP contribution in [0.5, 0.6) is 11.5 Å². The van der Waals surface area contributed by atoms with Gasteiger partial charge in [0.25, 0.3) is 0 Å². The molecule has 1 saturated carbocycles. The van der Waals surface area contributed by atoms with Gasteiger partial charge in [-0.15, -0.1) is 0 Å². The lowest BCUT2D eigenvalue weighted by Crippen LogP contribution is -2.45. The smallest absolute Gasteiger partial charge is 0.238 e. The molecule has 1 fully saturated rings. The highest BCUT2D eigenvalue weighted by Gasteiger charge is 2.57. The number of nitriles is 1. The van der Waals surface area contributed by atoms with Crippen LogP contribution >= 0.6 is 0 Å². The van der Waals surface area contributed by atoms with Gasteiger partial charge in [0, 0.05) is 29.7 Å². The maximum atomic E-state index is 15.2. The number of rotatable bonds is 7. The van der Waals surface area contributed by atoms with E-state index in [1.165, 1.54) is 14.2 Å². The summed E-state index contributed by atoms with van der Waals surface area (Å²) in [7, 11) is 2.52. The number of nitrogens with two attached hydrogens (primary N) is 1. The molecule has 182 valence electrons. The third kappa shape index (κ3) is 4.07. The van der Waals surface area contributed by atoms with Gasteiger partial charge in [0.15, 0.2) is 23.1 Å². The van der Waals surface area contributed by atoms with Crippen molar-refractivity contribution in [2.24, 2.45) is 10.7 Å². The van der Waals surface area contributed by atoms with Gasteiger partial charge in [-0.2, -0.15) is 5.26 Å². The summed E-state index contributed by atoms with van der Waals surface area (Å²) in [4.78, 5) is 23.5. The average Bonchev–Trinajstić information content (AvgIpc) is 3.64. The number of amides is 1. The minimum Gasteiger partial charge on any atom is -0.493 e. The molecule has 1 aliphatic heterocycles. The average molecular weight is 482 g/mol. The second-order valence-corrected chi connectivity index (χ2v) is 8.50. The molecule has 2 aliphatic rings. The number of carbonyl (C=O) groups excluding carboxylic acids is 1. The molecule has 1 aromatic heterocycles. The monoisotopic (exact) mass is 481 g/mol. The molecule has 0 atom stereocenters. The van der Waals surface area contributed by atoms with Crippen molar-refractivity contribution in [1.82, 2.24) is 4.98 Å². The van der Waals surface area contributed by atoms with Crippen LogP contribution in [0.4, 0.5) is 14.5 Å². The zero-order chi connectivity index (χ0) is 25.3. The van der Waals surface area contributed by atoms with Crippen LogP contribution in [-0.4, -0.2) is 37.9 Å². The SMILES string of the molecule is COc1cc(OC)c(F)c(N2Cc3cnc(C(C=NCCC#N)=C(C)N)cc3C3(CC3)C2=O)c1F. The molecule has 35 heavy (non-hydrogen) atoms. The fourth-order valence-corrected chi connectivity index (χ4v) is 4.36. The number of fused-ring (bicyclic) bond motifs is 2. The molecular weight excluding hydrogens is 456 g/mol. The number of aromatic nitrogens is 1. The molecule has 2 N–H and O–H groups in total. The first-order valence-electron chi connectivity index (χ1n) is 11.0. The van der Waals surface area contributed by atoms with Gasteiger partial charge < -0.3 is 20.1 Å². The number of benzene rings is 1. The van der Waals surface area contributed by atoms with Crippen LogP contribution in [0.1, 0.15) is 43.0 Å². The number of allylic oxidation sites excluding steroid dienone is 2. The number of hydrogen-bond donors (Lipinski definition) is 1. The van der Waals surface area contributed by atoms with Gasteiger partial charge in [-0.3, -0.25) is 14.8 Å². The van der Waals surface area contributed by atoms with Crippen molar-refractivity contribution in [3.05, 3.63) is 52.5 Å². The first kappa shape index (κ1) is 24.1. The Morgan fingerprint density at radius 2 is 1.94 bits per heavy atom. The largest absolute Gasteiger partial charge is 0.493 e. The molecule has 8 nitrogen and oxygen atoms in total. The molecule has 1 aromatic carbocycles. The molecule has 1 aliphatic carbocycles. The fraction of sp³-hybridized carbons (Fsp3) is 0.360. The Bertz CT molecular complexity index is 1260. The van der Waals surface area contributed by atoms with Crippen LogP contribution in [0.25, 0.3) is 5.57 Å². The number of pyridine rings is 1. The minimum atomic E-state index is -0.972. The summed E-state index contributed by atoms with van der Waals surface area (Å²) in [6.07, 6.45) is 4.54. The molecule has 0 unspecified atom stereocenters. The fourth-order valence-electron chi connectivity index (χ4n) is 4.36. The van der Waals surface area contributed by atoms with Gasteiger partial charge in [0.2, 0.25) is 5.91 Å². The normalized spacial score (nSPS) is 16.7. The van der Waals surface area contributed by atoms with Crippen molar-refractivity contribution in [3.8, 4) is 17.6 Å². The van der Waals surface area contributed by atoms with E-state index in [0.717, 1.165) is 16.5 Å². The maximum Gasteiger partial charge on any atom is 0.238 e. The van der Waals surface area contributed by atoms with E-state index in [9.17, 15) is 4.79 Å². The number of hydrogen-bond acceptors (Lipinski definition) is 7. The zero-order valence-corrected chi connectivity index (χ0v) is 19.7. The second kappa shape index (κ2) is 9.33. The van der Waals surface area contributed by atoms with Crippen LogP contribution in [-0.2, 0) is 16.8 Å². The summed E-state index contributed by atoms with van der Waals surface area (Å²) >= 11 is 0. The van der Waals surface area contributed by atoms with Gasteiger partial charge in [-0.25, -0.2) is 8.78 Å². The summed E-state index contributed by atoms with van der Waals surface area (Å²) in [5, 5.41) is 8.71. The number of ether oxygens (including phenoxy) is 2. The van der Waals surface area contributed by atoms with Crippen LogP contribution in [0, 0.1) is 23.0 Å². The highest BCUT2D eigenvalue weighted by molar-refractivity contribution is 6.10. The van der Waals surface area contributed by atoms with Gasteiger partial charge in [-0.1, -0.05) is 0 Å². The topological polar surface area (TPSA) is 114 Å². The first-order valence-corrected chi connectivity index (χ1v) is 11.0. The molecule has 0 bridgehead atoms. The zero-order valence-electron chi connectivity index (χ0n) is 19.7. The molecule has 2 aromatic rings. The van der Waals surface area contributed by atoms with E-state index < -0.39 is 28.6 Å². The van der Waals surface area contributed by atoms with E-state index in [0.29, 0.717) is 41.9 Å². The summed E-state index contributed by atoms with van der Waals surface area (Å²) in [6.45, 7) is 1.98. The highest BCUT2D eigenvalue weighted by Crippen LogP contribution is 2.55. The van der Waals surface area contributed by atoms with Crippen molar-refractivity contribution in [3.63, 3.8) is 0 Å². The number of aliphatic imine (C=N–C) groups is 1. The predicted molar refractivity (Wildman–Crippen MR) is 126 cm³/mol. The van der Waals surface area contributed by atoms with E-state index in [4.69, 9.17) is 20.5 Å². The minimum absolute atomic E-state index is 0.0652. The third-order valence-corrected chi connectivity index (χ3v) is 6.33. The number of carbonyl (C=O) groups is 1. The molecular formula is C25H25F2N5O3. The Labute approximate surface area is 201 Å². The third-order valence-electron chi connectivity index (χ3n) is 6.33. The van der Waals surface area contributed by atoms with E-state index in [2.05, 4.69) is 9.98 Å². The molecule has 4 rings (SSSR count). The van der Waals surface area contributed by atoms with Gasteiger partial charge in [0.1, 0.15) is 5.69 Å². The molecule has 2 heterocycles. The van der Waals surface area contributed by atoms with Crippen molar-refractivity contribution >= 4 is 23.4 Å². The quantitative estimate of drug-likeness (QED) is 0.477. The molecule has 1 spiro atoms. The van der Waals surface area contributed by atoms with E-state index in [1.807, 2.05) is 6.07 Å². The van der Waals surface area contributed by atoms with Crippen molar-refractivity contribution in [1.29, 1.82) is 5.26 Å². The van der Waals surface area contributed by atoms with Gasteiger partial charge in [0.05, 0.1) is 50.9 Å². The van der Waals surface area contributed by atoms with Crippen LogP contribution in [0.15, 0.2) is 29.0 Å². The predicted octanol–water partition coefficient (Wildman–Crippen LogP) is 3.63. The summed E-state index contributed by atoms with van der Waals surface area (Å²) in [5.41, 5.74) is 7.72. The van der Waals surface area contributed by atoms with E-state index in [-0.39, 0.29) is 24.5 Å². The van der Waals surface area contributed by atoms with Crippen molar-refractivity contribution in [2.45, 2.75) is 38.1 Å². The van der Waals surface area contributed by atoms with Gasteiger partial charge >= 0.3 is 0 Å². The second-order valence-electron chi connectivity index (χ2n) is 8.50. The Morgan fingerprint density at radius 3 is 2.49 bits per heavy atom. The van der Waals surface area contributed by atoms with E-state index in [1.54, 1.807) is 25.4 Å².